The maximum absolute atomic E-state index is 2.60. The molecule has 5 aromatic rings. The smallest absolute Gasteiger partial charge is 0.0857 e. The zero-order valence-corrected chi connectivity index (χ0v) is 17.4. The van der Waals surface area contributed by atoms with Crippen LogP contribution in [0.3, 0.4) is 0 Å². The third-order valence-corrected chi connectivity index (χ3v) is 7.46. The minimum Gasteiger partial charge on any atom is -0.329 e. The molecule has 2 atom stereocenters. The largest absolute Gasteiger partial charge is 0.329 e. The molecule has 0 saturated heterocycles. The first-order valence-electron chi connectivity index (χ1n) is 11.3. The lowest BCUT2D eigenvalue weighted by Gasteiger charge is -2.39. The van der Waals surface area contributed by atoms with Crippen LogP contribution >= 0.6 is 0 Å². The van der Waals surface area contributed by atoms with Gasteiger partial charge in [-0.25, -0.2) is 0 Å². The second kappa shape index (κ2) is 5.80. The molecule has 1 aliphatic carbocycles. The van der Waals surface area contributed by atoms with Crippen LogP contribution in [0.15, 0.2) is 103 Å². The normalized spacial score (nSPS) is 19.1. The van der Waals surface area contributed by atoms with Gasteiger partial charge >= 0.3 is 0 Å². The van der Waals surface area contributed by atoms with Crippen molar-refractivity contribution >= 4 is 28.4 Å². The standard InChI is InChI=1S/C30H20N2/c1-2-8-19(9-3-1)20-14-17-27-28(18-20)32-26-13-7-5-11-22(26)24-16-15-23-21-10-4-6-12-25(21)31(27)29(23)30(24)32/h1-18,24,30H. The van der Waals surface area contributed by atoms with E-state index in [4.69, 9.17) is 0 Å². The number of anilines is 2. The Bertz CT molecular complexity index is 1590. The van der Waals surface area contributed by atoms with Gasteiger partial charge in [-0.3, -0.25) is 0 Å². The lowest BCUT2D eigenvalue weighted by Crippen LogP contribution is -2.30. The lowest BCUT2D eigenvalue weighted by molar-refractivity contribution is 0.620. The predicted molar refractivity (Wildman–Crippen MR) is 132 cm³/mol. The third kappa shape index (κ3) is 1.91. The van der Waals surface area contributed by atoms with Crippen LogP contribution in [-0.4, -0.2) is 4.57 Å². The van der Waals surface area contributed by atoms with Crippen LogP contribution in [0.4, 0.5) is 11.4 Å². The summed E-state index contributed by atoms with van der Waals surface area (Å²) in [7, 11) is 0. The van der Waals surface area contributed by atoms with E-state index in [0.29, 0.717) is 12.0 Å². The van der Waals surface area contributed by atoms with Gasteiger partial charge in [0.15, 0.2) is 0 Å². The summed E-state index contributed by atoms with van der Waals surface area (Å²) in [5.41, 5.74) is 11.9. The molecule has 0 saturated carbocycles. The molecule has 0 amide bonds. The molecular weight excluding hydrogens is 388 g/mol. The molecule has 2 aliphatic heterocycles. The summed E-state index contributed by atoms with van der Waals surface area (Å²) in [5, 5.41) is 1.34. The highest BCUT2D eigenvalue weighted by Crippen LogP contribution is 2.60. The first kappa shape index (κ1) is 16.6. The van der Waals surface area contributed by atoms with Crippen LogP contribution in [0, 0.1) is 0 Å². The molecule has 0 bridgehead atoms. The van der Waals surface area contributed by atoms with E-state index >= 15 is 0 Å². The zero-order valence-electron chi connectivity index (χ0n) is 17.4. The minimum atomic E-state index is 0.290. The molecule has 2 unspecified atom stereocenters. The average molecular weight is 409 g/mol. The van der Waals surface area contributed by atoms with E-state index in [0.717, 1.165) is 0 Å². The average Bonchev–Trinajstić information content (AvgIpc) is 3.38. The van der Waals surface area contributed by atoms with Crippen molar-refractivity contribution in [1.82, 2.24) is 4.57 Å². The van der Waals surface area contributed by atoms with E-state index < -0.39 is 0 Å². The number of fused-ring (bicyclic) bond motifs is 9. The van der Waals surface area contributed by atoms with E-state index in [2.05, 4.69) is 119 Å². The molecule has 0 spiro atoms. The van der Waals surface area contributed by atoms with Crippen molar-refractivity contribution in [2.75, 3.05) is 4.90 Å². The fourth-order valence-electron chi connectivity index (χ4n) is 6.18. The fraction of sp³-hybridized carbons (Fsp3) is 0.0667. The number of benzene rings is 4. The number of hydrogen-bond donors (Lipinski definition) is 0. The number of hydrogen-bond acceptors (Lipinski definition) is 1. The summed E-state index contributed by atoms with van der Waals surface area (Å²) in [6, 6.07) is 35.8. The van der Waals surface area contributed by atoms with Crippen LogP contribution in [0.1, 0.15) is 28.8 Å². The molecule has 2 heteroatoms. The second-order valence-electron chi connectivity index (χ2n) is 8.98. The van der Waals surface area contributed by atoms with Gasteiger partial charge in [0, 0.05) is 22.6 Å². The Labute approximate surface area is 186 Å². The molecule has 1 aromatic heterocycles. The van der Waals surface area contributed by atoms with Crippen molar-refractivity contribution in [2.24, 2.45) is 0 Å². The Kier molecular flexibility index (Phi) is 3.01. The summed E-state index contributed by atoms with van der Waals surface area (Å²) in [6.07, 6.45) is 4.79. The Morgan fingerprint density at radius 2 is 1.44 bits per heavy atom. The van der Waals surface area contributed by atoms with Crippen LogP contribution in [0.2, 0.25) is 0 Å². The highest BCUT2D eigenvalue weighted by atomic mass is 15.3. The molecule has 0 N–H and O–H groups in total. The van der Waals surface area contributed by atoms with Crippen LogP contribution in [0.25, 0.3) is 33.8 Å². The van der Waals surface area contributed by atoms with Crippen LogP contribution in [0.5, 0.6) is 0 Å². The SMILES string of the molecule is C1=CC2c3ccccc3N3c4cc(-c5ccccc5)ccc4-n4c(c1c1ccccc14)C23. The van der Waals surface area contributed by atoms with Crippen LogP contribution < -0.4 is 4.90 Å². The van der Waals surface area contributed by atoms with Gasteiger partial charge in [-0.2, -0.15) is 0 Å². The number of aromatic nitrogens is 1. The fourth-order valence-corrected chi connectivity index (χ4v) is 6.18. The summed E-state index contributed by atoms with van der Waals surface area (Å²) < 4.78 is 2.53. The van der Waals surface area contributed by atoms with Gasteiger partial charge in [0.05, 0.1) is 28.6 Å². The molecule has 2 nitrogen and oxygen atoms in total. The van der Waals surface area contributed by atoms with Gasteiger partial charge in [-0.15, -0.1) is 0 Å². The Hall–Kier alpha value is -4.04. The molecule has 0 fully saturated rings. The lowest BCUT2D eigenvalue weighted by atomic mass is 9.85. The van der Waals surface area contributed by atoms with Gasteiger partial charge in [-0.1, -0.05) is 84.9 Å². The van der Waals surface area contributed by atoms with Gasteiger partial charge in [0.25, 0.3) is 0 Å². The maximum Gasteiger partial charge on any atom is 0.0857 e. The summed E-state index contributed by atoms with van der Waals surface area (Å²) in [4.78, 5) is 2.60. The van der Waals surface area contributed by atoms with Crippen molar-refractivity contribution in [2.45, 2.75) is 12.0 Å². The van der Waals surface area contributed by atoms with E-state index in [1.54, 1.807) is 0 Å². The number of para-hydroxylation sites is 2. The summed E-state index contributed by atoms with van der Waals surface area (Å²) in [5.74, 6) is 0.371. The van der Waals surface area contributed by atoms with E-state index in [1.807, 2.05) is 0 Å². The summed E-state index contributed by atoms with van der Waals surface area (Å²) in [6.45, 7) is 0. The van der Waals surface area contributed by atoms with Crippen molar-refractivity contribution < 1.29 is 0 Å². The molecule has 0 radical (unpaired) electrons. The second-order valence-corrected chi connectivity index (χ2v) is 8.98. The van der Waals surface area contributed by atoms with Crippen LogP contribution in [-0.2, 0) is 0 Å². The number of nitrogens with zero attached hydrogens (tertiary/aromatic N) is 2. The Morgan fingerprint density at radius 3 is 2.38 bits per heavy atom. The van der Waals surface area contributed by atoms with Gasteiger partial charge < -0.3 is 9.47 Å². The first-order valence-corrected chi connectivity index (χ1v) is 11.3. The van der Waals surface area contributed by atoms with E-state index in [9.17, 15) is 0 Å². The maximum atomic E-state index is 2.60. The molecule has 150 valence electrons. The van der Waals surface area contributed by atoms with Crippen molar-refractivity contribution in [3.63, 3.8) is 0 Å². The van der Waals surface area contributed by atoms with Crippen molar-refractivity contribution in [3.8, 4) is 16.8 Å². The molecule has 3 heterocycles. The zero-order chi connectivity index (χ0) is 20.8. The molecular formula is C30H20N2. The predicted octanol–water partition coefficient (Wildman–Crippen LogP) is 7.61. The number of rotatable bonds is 1. The van der Waals surface area contributed by atoms with Gasteiger partial charge in [0.2, 0.25) is 0 Å². The monoisotopic (exact) mass is 408 g/mol. The molecule has 32 heavy (non-hydrogen) atoms. The Balaban J connectivity index is 1.51. The minimum absolute atomic E-state index is 0.290. The quantitative estimate of drug-likeness (QED) is 0.277. The van der Waals surface area contributed by atoms with E-state index in [-0.39, 0.29) is 0 Å². The first-order chi connectivity index (χ1) is 15.9. The molecule has 3 aliphatic rings. The highest BCUT2D eigenvalue weighted by Gasteiger charge is 2.47. The van der Waals surface area contributed by atoms with Crippen molar-refractivity contribution in [1.29, 1.82) is 0 Å². The van der Waals surface area contributed by atoms with E-state index in [1.165, 1.54) is 55.9 Å². The molecule has 8 rings (SSSR count). The topological polar surface area (TPSA) is 8.17 Å². The summed E-state index contributed by atoms with van der Waals surface area (Å²) >= 11 is 0. The highest BCUT2D eigenvalue weighted by molar-refractivity contribution is 5.98. The van der Waals surface area contributed by atoms with Gasteiger partial charge in [-0.05, 0) is 41.0 Å². The Morgan fingerprint density at radius 1 is 0.625 bits per heavy atom. The van der Waals surface area contributed by atoms with Gasteiger partial charge in [0.1, 0.15) is 0 Å². The third-order valence-electron chi connectivity index (χ3n) is 7.46. The van der Waals surface area contributed by atoms with Crippen molar-refractivity contribution in [3.05, 3.63) is 120 Å². The molecule has 4 aromatic carbocycles.